The van der Waals surface area contributed by atoms with Crippen LogP contribution in [0.4, 0.5) is 0 Å². The molecule has 25 heavy (non-hydrogen) atoms. The molecule has 4 rings (SSSR count). The van der Waals surface area contributed by atoms with Crippen LogP contribution in [0.1, 0.15) is 31.9 Å². The number of hydrogen-bond donors (Lipinski definition) is 2. The molecular formula is C17H25N5O3. The van der Waals surface area contributed by atoms with Gasteiger partial charge < -0.3 is 10.1 Å². The Morgan fingerprint density at radius 1 is 1.40 bits per heavy atom. The summed E-state index contributed by atoms with van der Waals surface area (Å²) in [5.74, 6) is -0.218. The molecule has 2 unspecified atom stereocenters. The standard InChI is InChI=1S/C17H25N5O3/c1-2-3-4-21-15(24)14-5-13(23)8-22(14)17(16(21)25)9-20(10-17)7-12-6-18-11-19-12/h6,11,13-14,23H,2-5,7-10H2,1H3,(H,18,19). The highest BCUT2D eigenvalue weighted by Gasteiger charge is 2.63. The SMILES string of the molecule is CCCCN1C(=O)C2CC(O)CN2C2(CN(Cc3cnc[nH]3)C2)C1=O. The fourth-order valence-electron chi connectivity index (χ4n) is 4.44. The third-order valence-corrected chi connectivity index (χ3v) is 5.68. The second-order valence-electron chi connectivity index (χ2n) is 7.46. The first-order chi connectivity index (χ1) is 12.0. The number of imidazole rings is 1. The average molecular weight is 347 g/mol. The van der Waals surface area contributed by atoms with E-state index in [1.807, 2.05) is 4.90 Å². The average Bonchev–Trinajstić information content (AvgIpc) is 3.19. The smallest absolute Gasteiger partial charge is 0.252 e. The van der Waals surface area contributed by atoms with Crippen molar-refractivity contribution in [1.82, 2.24) is 24.7 Å². The zero-order chi connectivity index (χ0) is 17.6. The van der Waals surface area contributed by atoms with E-state index in [2.05, 4.69) is 21.8 Å². The van der Waals surface area contributed by atoms with Gasteiger partial charge in [0.2, 0.25) is 5.91 Å². The number of carbonyl (C=O) groups excluding carboxylic acids is 2. The lowest BCUT2D eigenvalue weighted by Gasteiger charge is -2.58. The van der Waals surface area contributed by atoms with Crippen LogP contribution in [0.3, 0.4) is 0 Å². The highest BCUT2D eigenvalue weighted by Crippen LogP contribution is 2.40. The van der Waals surface area contributed by atoms with Crippen molar-refractivity contribution in [3.63, 3.8) is 0 Å². The number of rotatable bonds is 5. The number of aromatic amines is 1. The quantitative estimate of drug-likeness (QED) is 0.702. The van der Waals surface area contributed by atoms with Crippen LogP contribution in [0, 0.1) is 0 Å². The number of piperazine rings is 1. The molecule has 4 heterocycles. The number of nitrogens with one attached hydrogen (secondary N) is 1. The molecule has 3 aliphatic rings. The maximum atomic E-state index is 13.2. The summed E-state index contributed by atoms with van der Waals surface area (Å²) in [6.45, 7) is 4.82. The molecule has 8 nitrogen and oxygen atoms in total. The van der Waals surface area contributed by atoms with Crippen LogP contribution in [-0.4, -0.2) is 85.5 Å². The number of fused-ring (bicyclic) bond motifs is 2. The molecule has 2 N–H and O–H groups in total. The summed E-state index contributed by atoms with van der Waals surface area (Å²) < 4.78 is 0. The highest BCUT2D eigenvalue weighted by molar-refractivity contribution is 6.06. The lowest BCUT2D eigenvalue weighted by atomic mass is 9.82. The molecule has 1 aromatic rings. The van der Waals surface area contributed by atoms with E-state index in [4.69, 9.17) is 0 Å². The van der Waals surface area contributed by atoms with Crippen LogP contribution >= 0.6 is 0 Å². The Kier molecular flexibility index (Phi) is 4.13. The number of imide groups is 1. The van der Waals surface area contributed by atoms with Crippen molar-refractivity contribution in [2.75, 3.05) is 26.2 Å². The minimum Gasteiger partial charge on any atom is -0.392 e. The summed E-state index contributed by atoms with van der Waals surface area (Å²) in [6.07, 6.45) is 5.08. The summed E-state index contributed by atoms with van der Waals surface area (Å²) in [5, 5.41) is 10.1. The van der Waals surface area contributed by atoms with E-state index in [1.54, 1.807) is 12.5 Å². The maximum Gasteiger partial charge on any atom is 0.252 e. The van der Waals surface area contributed by atoms with Crippen LogP contribution in [0.5, 0.6) is 0 Å². The number of nitrogens with zero attached hydrogens (tertiary/aromatic N) is 4. The monoisotopic (exact) mass is 347 g/mol. The summed E-state index contributed by atoms with van der Waals surface area (Å²) in [6, 6.07) is -0.362. The minimum absolute atomic E-state index is 0.0860. The van der Waals surface area contributed by atoms with E-state index in [1.165, 1.54) is 4.90 Å². The van der Waals surface area contributed by atoms with Crippen LogP contribution in [0.2, 0.25) is 0 Å². The van der Waals surface area contributed by atoms with Gasteiger partial charge in [-0.3, -0.25) is 24.3 Å². The van der Waals surface area contributed by atoms with Crippen LogP contribution in [-0.2, 0) is 16.1 Å². The number of H-pyrrole nitrogens is 1. The molecule has 2 amide bonds. The van der Waals surface area contributed by atoms with Crippen molar-refractivity contribution in [3.8, 4) is 0 Å². The Labute approximate surface area is 146 Å². The number of β-amino-alcohol motifs (C(OH)–C–C–N with tert-alkyl or cyclic N) is 1. The Hall–Kier alpha value is -1.77. The molecule has 1 aromatic heterocycles. The Morgan fingerprint density at radius 3 is 2.88 bits per heavy atom. The molecule has 3 saturated heterocycles. The molecule has 0 saturated carbocycles. The third-order valence-electron chi connectivity index (χ3n) is 5.68. The van der Waals surface area contributed by atoms with Crippen molar-refractivity contribution in [3.05, 3.63) is 18.2 Å². The van der Waals surface area contributed by atoms with Gasteiger partial charge in [-0.05, 0) is 12.8 Å². The van der Waals surface area contributed by atoms with Gasteiger partial charge in [-0.15, -0.1) is 0 Å². The number of hydrogen-bond acceptors (Lipinski definition) is 6. The lowest BCUT2D eigenvalue weighted by Crippen LogP contribution is -2.81. The zero-order valence-electron chi connectivity index (χ0n) is 14.5. The van der Waals surface area contributed by atoms with E-state index < -0.39 is 11.6 Å². The van der Waals surface area contributed by atoms with Crippen molar-refractivity contribution in [1.29, 1.82) is 0 Å². The number of carbonyl (C=O) groups is 2. The number of likely N-dealkylation sites (tertiary alicyclic amines) is 1. The van der Waals surface area contributed by atoms with Gasteiger partial charge in [-0.2, -0.15) is 0 Å². The van der Waals surface area contributed by atoms with E-state index in [0.717, 1.165) is 18.5 Å². The van der Waals surface area contributed by atoms with E-state index in [-0.39, 0.29) is 17.9 Å². The summed E-state index contributed by atoms with van der Waals surface area (Å²) in [5.41, 5.74) is 0.346. The van der Waals surface area contributed by atoms with Gasteiger partial charge in [0.05, 0.1) is 18.5 Å². The number of unbranched alkanes of at least 4 members (excludes halogenated alkanes) is 1. The Balaban J connectivity index is 1.55. The Morgan fingerprint density at radius 2 is 2.20 bits per heavy atom. The summed E-state index contributed by atoms with van der Waals surface area (Å²) in [4.78, 5) is 38.6. The van der Waals surface area contributed by atoms with E-state index in [0.29, 0.717) is 39.1 Å². The maximum absolute atomic E-state index is 13.2. The summed E-state index contributed by atoms with van der Waals surface area (Å²) >= 11 is 0. The summed E-state index contributed by atoms with van der Waals surface area (Å²) in [7, 11) is 0. The van der Waals surface area contributed by atoms with E-state index in [9.17, 15) is 14.7 Å². The third kappa shape index (κ3) is 2.59. The van der Waals surface area contributed by atoms with Crippen LogP contribution in [0.25, 0.3) is 0 Å². The second kappa shape index (κ2) is 6.19. The molecular weight excluding hydrogens is 322 g/mol. The number of amides is 2. The largest absolute Gasteiger partial charge is 0.392 e. The fourth-order valence-corrected chi connectivity index (χ4v) is 4.44. The van der Waals surface area contributed by atoms with Gasteiger partial charge in [0.15, 0.2) is 0 Å². The molecule has 0 aliphatic carbocycles. The van der Waals surface area contributed by atoms with Gasteiger partial charge in [0.1, 0.15) is 5.54 Å². The zero-order valence-corrected chi connectivity index (χ0v) is 14.5. The predicted octanol–water partition coefficient (Wildman–Crippen LogP) is -0.432. The molecule has 136 valence electrons. The first kappa shape index (κ1) is 16.7. The number of aliphatic hydroxyl groups excluding tert-OH is 1. The first-order valence-corrected chi connectivity index (χ1v) is 9.05. The van der Waals surface area contributed by atoms with Gasteiger partial charge in [0, 0.05) is 44.6 Å². The van der Waals surface area contributed by atoms with E-state index >= 15 is 0 Å². The molecule has 0 bridgehead atoms. The normalized spacial score (nSPS) is 29.3. The molecule has 8 heteroatoms. The van der Waals surface area contributed by atoms with Gasteiger partial charge in [-0.25, -0.2) is 4.98 Å². The number of aromatic nitrogens is 2. The topological polar surface area (TPSA) is 92.8 Å². The fraction of sp³-hybridized carbons (Fsp3) is 0.706. The van der Waals surface area contributed by atoms with Crippen LogP contribution in [0.15, 0.2) is 12.5 Å². The highest BCUT2D eigenvalue weighted by atomic mass is 16.3. The number of aliphatic hydroxyl groups is 1. The molecule has 0 radical (unpaired) electrons. The second-order valence-corrected chi connectivity index (χ2v) is 7.46. The molecule has 1 spiro atoms. The van der Waals surface area contributed by atoms with Crippen LogP contribution < -0.4 is 0 Å². The lowest BCUT2D eigenvalue weighted by molar-refractivity contribution is -0.180. The van der Waals surface area contributed by atoms with Gasteiger partial charge >= 0.3 is 0 Å². The molecule has 3 fully saturated rings. The van der Waals surface area contributed by atoms with Crippen molar-refractivity contribution < 1.29 is 14.7 Å². The minimum atomic E-state index is -0.663. The van der Waals surface area contributed by atoms with Gasteiger partial charge in [0.25, 0.3) is 5.91 Å². The molecule has 3 aliphatic heterocycles. The molecule has 0 aromatic carbocycles. The predicted molar refractivity (Wildman–Crippen MR) is 89.3 cm³/mol. The van der Waals surface area contributed by atoms with Crippen molar-refractivity contribution in [2.45, 2.75) is 50.4 Å². The van der Waals surface area contributed by atoms with Crippen molar-refractivity contribution in [2.24, 2.45) is 0 Å². The van der Waals surface area contributed by atoms with Gasteiger partial charge in [-0.1, -0.05) is 13.3 Å². The first-order valence-electron chi connectivity index (χ1n) is 9.05. The van der Waals surface area contributed by atoms with Crippen molar-refractivity contribution >= 4 is 11.8 Å². The molecule has 2 atom stereocenters. The Bertz CT molecular complexity index is 655.